The van der Waals surface area contributed by atoms with Crippen molar-refractivity contribution in [3.05, 3.63) is 52.7 Å². The van der Waals surface area contributed by atoms with Crippen LogP contribution in [0, 0.1) is 20.8 Å². The molecule has 0 bridgehead atoms. The van der Waals surface area contributed by atoms with E-state index in [4.69, 9.17) is 5.11 Å². The summed E-state index contributed by atoms with van der Waals surface area (Å²) in [5, 5.41) is 17.5. The first-order chi connectivity index (χ1) is 9.97. The largest absolute Gasteiger partial charge is 0.478 e. The van der Waals surface area contributed by atoms with Gasteiger partial charge in [0.1, 0.15) is 0 Å². The molecule has 0 radical (unpaired) electrons. The van der Waals surface area contributed by atoms with Crippen molar-refractivity contribution in [3.63, 3.8) is 0 Å². The Morgan fingerprint density at radius 3 is 2.38 bits per heavy atom. The monoisotopic (exact) mass is 281 g/mol. The van der Waals surface area contributed by atoms with Crippen molar-refractivity contribution in [2.75, 3.05) is 0 Å². The van der Waals surface area contributed by atoms with Crippen LogP contribution in [0.4, 0.5) is 0 Å². The molecule has 3 rings (SSSR count). The van der Waals surface area contributed by atoms with Gasteiger partial charge in [0.15, 0.2) is 11.5 Å². The molecule has 0 aliphatic heterocycles. The molecule has 5 nitrogen and oxygen atoms in total. The number of aromatic carboxylic acids is 1. The van der Waals surface area contributed by atoms with E-state index in [0.717, 1.165) is 16.7 Å². The highest BCUT2D eigenvalue weighted by Crippen LogP contribution is 2.27. The predicted molar refractivity (Wildman–Crippen MR) is 79.6 cm³/mol. The van der Waals surface area contributed by atoms with Crippen LogP contribution in [0.15, 0.2) is 30.5 Å². The molecule has 1 N–H and O–H groups in total. The molecule has 3 aromatic rings. The minimum absolute atomic E-state index is 0.214. The number of aromatic nitrogens is 3. The Kier molecular flexibility index (Phi) is 2.97. The second-order valence-corrected chi connectivity index (χ2v) is 5.25. The van der Waals surface area contributed by atoms with E-state index >= 15 is 0 Å². The summed E-state index contributed by atoms with van der Waals surface area (Å²) in [4.78, 5) is 11.1. The third kappa shape index (κ3) is 2.16. The smallest absolute Gasteiger partial charge is 0.337 e. The summed E-state index contributed by atoms with van der Waals surface area (Å²) in [6, 6.07) is 7.37. The van der Waals surface area contributed by atoms with Crippen molar-refractivity contribution >= 4 is 11.6 Å². The molecule has 0 aliphatic rings. The molecule has 0 amide bonds. The van der Waals surface area contributed by atoms with Gasteiger partial charge in [0.05, 0.1) is 5.56 Å². The maximum Gasteiger partial charge on any atom is 0.337 e. The van der Waals surface area contributed by atoms with E-state index in [1.54, 1.807) is 16.7 Å². The molecule has 5 heteroatoms. The molecule has 0 aliphatic carbocycles. The van der Waals surface area contributed by atoms with Gasteiger partial charge in [-0.3, -0.25) is 4.40 Å². The molecular formula is C16H15N3O2. The van der Waals surface area contributed by atoms with Crippen molar-refractivity contribution in [1.29, 1.82) is 0 Å². The van der Waals surface area contributed by atoms with E-state index in [1.807, 2.05) is 20.8 Å². The Balaban J connectivity index is 2.30. The van der Waals surface area contributed by atoms with Gasteiger partial charge < -0.3 is 5.11 Å². The molecule has 2 aromatic heterocycles. The Bertz CT molecular complexity index is 842. The quantitative estimate of drug-likeness (QED) is 0.784. The predicted octanol–water partition coefficient (Wildman–Crippen LogP) is 3.02. The fourth-order valence-electron chi connectivity index (χ4n) is 2.72. The van der Waals surface area contributed by atoms with E-state index in [9.17, 15) is 4.79 Å². The second kappa shape index (κ2) is 4.70. The number of aryl methyl sites for hydroxylation is 3. The number of pyridine rings is 1. The SMILES string of the molecule is Cc1cc(C)c(-c2nnc3ccc(C(=O)O)cn23)c(C)c1. The normalized spacial score (nSPS) is 11.0. The van der Waals surface area contributed by atoms with Crippen LogP contribution in [-0.4, -0.2) is 25.7 Å². The average Bonchev–Trinajstić information content (AvgIpc) is 2.80. The van der Waals surface area contributed by atoms with Crippen molar-refractivity contribution in [2.24, 2.45) is 0 Å². The Morgan fingerprint density at radius 1 is 1.10 bits per heavy atom. The van der Waals surface area contributed by atoms with Gasteiger partial charge in [0.2, 0.25) is 0 Å². The zero-order valence-electron chi connectivity index (χ0n) is 12.1. The Labute approximate surface area is 121 Å². The fourth-order valence-corrected chi connectivity index (χ4v) is 2.72. The number of nitrogens with zero attached hydrogens (tertiary/aromatic N) is 3. The van der Waals surface area contributed by atoms with Gasteiger partial charge in [-0.05, 0) is 44.0 Å². The van der Waals surface area contributed by atoms with E-state index in [1.165, 1.54) is 11.6 Å². The molecule has 2 heterocycles. The molecule has 0 saturated heterocycles. The van der Waals surface area contributed by atoms with E-state index in [-0.39, 0.29) is 5.56 Å². The lowest BCUT2D eigenvalue weighted by Crippen LogP contribution is -2.01. The first-order valence-corrected chi connectivity index (χ1v) is 6.63. The zero-order valence-corrected chi connectivity index (χ0v) is 12.1. The Morgan fingerprint density at radius 2 is 1.76 bits per heavy atom. The van der Waals surface area contributed by atoms with Crippen LogP contribution in [0.25, 0.3) is 17.0 Å². The van der Waals surface area contributed by atoms with Crippen LogP contribution in [-0.2, 0) is 0 Å². The van der Waals surface area contributed by atoms with Gasteiger partial charge in [-0.2, -0.15) is 0 Å². The molecule has 21 heavy (non-hydrogen) atoms. The highest BCUT2D eigenvalue weighted by molar-refractivity contribution is 5.87. The van der Waals surface area contributed by atoms with Crippen LogP contribution in [0.2, 0.25) is 0 Å². The van der Waals surface area contributed by atoms with Crippen LogP contribution in [0.5, 0.6) is 0 Å². The minimum atomic E-state index is -0.964. The number of benzene rings is 1. The van der Waals surface area contributed by atoms with Gasteiger partial charge in [-0.25, -0.2) is 4.79 Å². The van der Waals surface area contributed by atoms with E-state index in [0.29, 0.717) is 11.5 Å². The maximum absolute atomic E-state index is 11.1. The zero-order chi connectivity index (χ0) is 15.1. The van der Waals surface area contributed by atoms with Gasteiger partial charge in [0.25, 0.3) is 0 Å². The summed E-state index contributed by atoms with van der Waals surface area (Å²) in [6.07, 6.45) is 1.56. The Hall–Kier alpha value is -2.69. The topological polar surface area (TPSA) is 67.5 Å². The van der Waals surface area contributed by atoms with Crippen LogP contribution < -0.4 is 0 Å². The maximum atomic E-state index is 11.1. The first-order valence-electron chi connectivity index (χ1n) is 6.63. The molecule has 1 aromatic carbocycles. The third-order valence-corrected chi connectivity index (χ3v) is 3.55. The number of hydrogen-bond acceptors (Lipinski definition) is 3. The van der Waals surface area contributed by atoms with Gasteiger partial charge in [-0.15, -0.1) is 10.2 Å². The number of hydrogen-bond donors (Lipinski definition) is 1. The van der Waals surface area contributed by atoms with Crippen molar-refractivity contribution in [1.82, 2.24) is 14.6 Å². The molecule has 0 saturated carbocycles. The number of rotatable bonds is 2. The van der Waals surface area contributed by atoms with Gasteiger partial charge in [-0.1, -0.05) is 17.7 Å². The number of carboxylic acids is 1. The van der Waals surface area contributed by atoms with Crippen molar-refractivity contribution in [3.8, 4) is 11.4 Å². The minimum Gasteiger partial charge on any atom is -0.478 e. The standard InChI is InChI=1S/C16H15N3O2/c1-9-6-10(2)14(11(3)7-9)15-18-17-13-5-4-12(16(20)21)8-19(13)15/h4-8H,1-3H3,(H,20,21). The summed E-state index contributed by atoms with van der Waals surface area (Å²) >= 11 is 0. The van der Waals surface area contributed by atoms with Gasteiger partial charge in [0, 0.05) is 11.8 Å². The summed E-state index contributed by atoms with van der Waals surface area (Å²) in [7, 11) is 0. The summed E-state index contributed by atoms with van der Waals surface area (Å²) < 4.78 is 1.73. The molecule has 0 unspecified atom stereocenters. The van der Waals surface area contributed by atoms with Crippen LogP contribution in [0.3, 0.4) is 0 Å². The lowest BCUT2D eigenvalue weighted by atomic mass is 9.99. The average molecular weight is 281 g/mol. The highest BCUT2D eigenvalue weighted by atomic mass is 16.4. The highest BCUT2D eigenvalue weighted by Gasteiger charge is 2.15. The lowest BCUT2D eigenvalue weighted by Gasteiger charge is -2.10. The van der Waals surface area contributed by atoms with E-state index < -0.39 is 5.97 Å². The molecule has 0 fully saturated rings. The second-order valence-electron chi connectivity index (χ2n) is 5.25. The third-order valence-electron chi connectivity index (χ3n) is 3.55. The number of carbonyl (C=O) groups is 1. The van der Waals surface area contributed by atoms with E-state index in [2.05, 4.69) is 22.3 Å². The molecular weight excluding hydrogens is 266 g/mol. The number of fused-ring (bicyclic) bond motifs is 1. The molecule has 0 atom stereocenters. The lowest BCUT2D eigenvalue weighted by molar-refractivity contribution is 0.0696. The number of carboxylic acid groups (broad SMARTS) is 1. The first kappa shape index (κ1) is 13.3. The van der Waals surface area contributed by atoms with Crippen molar-refractivity contribution in [2.45, 2.75) is 20.8 Å². The molecule has 106 valence electrons. The summed E-state index contributed by atoms with van der Waals surface area (Å²) in [5.41, 5.74) is 5.23. The fraction of sp³-hybridized carbons (Fsp3) is 0.188. The van der Waals surface area contributed by atoms with Crippen LogP contribution >= 0.6 is 0 Å². The van der Waals surface area contributed by atoms with Crippen molar-refractivity contribution < 1.29 is 9.90 Å². The summed E-state index contributed by atoms with van der Waals surface area (Å²) in [5.74, 6) is -0.294. The van der Waals surface area contributed by atoms with Gasteiger partial charge >= 0.3 is 5.97 Å². The molecule has 0 spiro atoms. The summed E-state index contributed by atoms with van der Waals surface area (Å²) in [6.45, 7) is 6.10. The van der Waals surface area contributed by atoms with Crippen LogP contribution in [0.1, 0.15) is 27.0 Å².